The molecule has 1 heterocycles. The van der Waals surface area contributed by atoms with Gasteiger partial charge in [0.15, 0.2) is 0 Å². The molecular formula is C12H23N3O. The minimum absolute atomic E-state index is 0.270. The number of nitrogens with one attached hydrogen (secondary N) is 1. The van der Waals surface area contributed by atoms with E-state index >= 15 is 0 Å². The van der Waals surface area contributed by atoms with Gasteiger partial charge in [0, 0.05) is 37.5 Å². The molecule has 0 aliphatic carbocycles. The number of nitrogens with zero attached hydrogens (tertiary/aromatic N) is 2. The molecule has 0 bridgehead atoms. The fourth-order valence-electron chi connectivity index (χ4n) is 2.04. The monoisotopic (exact) mass is 225 g/mol. The van der Waals surface area contributed by atoms with E-state index in [1.807, 2.05) is 18.7 Å². The molecule has 2 atom stereocenters. The van der Waals surface area contributed by atoms with Crippen LogP contribution in [0.25, 0.3) is 0 Å². The maximum atomic E-state index is 8.77. The van der Waals surface area contributed by atoms with Gasteiger partial charge in [-0.2, -0.15) is 5.10 Å². The van der Waals surface area contributed by atoms with Crippen LogP contribution in [0.2, 0.25) is 0 Å². The molecule has 0 spiro atoms. The van der Waals surface area contributed by atoms with Crippen LogP contribution in [0.5, 0.6) is 0 Å². The first-order valence-corrected chi connectivity index (χ1v) is 5.91. The number of aliphatic hydroxyl groups is 1. The maximum absolute atomic E-state index is 8.77. The molecule has 1 aromatic rings. The zero-order valence-corrected chi connectivity index (χ0v) is 10.7. The van der Waals surface area contributed by atoms with Crippen molar-refractivity contribution in [2.45, 2.75) is 45.7 Å². The van der Waals surface area contributed by atoms with Crippen molar-refractivity contribution < 1.29 is 5.11 Å². The highest BCUT2D eigenvalue weighted by molar-refractivity contribution is 5.19. The van der Waals surface area contributed by atoms with Gasteiger partial charge in [-0.15, -0.1) is 0 Å². The lowest BCUT2D eigenvalue weighted by atomic mass is 10.1. The average molecular weight is 225 g/mol. The third-order valence-corrected chi connectivity index (χ3v) is 2.85. The quantitative estimate of drug-likeness (QED) is 0.772. The number of aryl methyl sites for hydroxylation is 2. The molecule has 0 amide bonds. The minimum atomic E-state index is 0.270. The van der Waals surface area contributed by atoms with E-state index in [0.29, 0.717) is 12.1 Å². The van der Waals surface area contributed by atoms with Crippen LogP contribution in [0.1, 0.15) is 44.0 Å². The van der Waals surface area contributed by atoms with E-state index < -0.39 is 0 Å². The van der Waals surface area contributed by atoms with Gasteiger partial charge in [-0.25, -0.2) is 0 Å². The molecule has 2 N–H and O–H groups in total. The molecule has 0 aliphatic heterocycles. The molecule has 0 saturated heterocycles. The van der Waals surface area contributed by atoms with Crippen LogP contribution < -0.4 is 5.32 Å². The molecule has 0 aliphatic rings. The van der Waals surface area contributed by atoms with E-state index in [1.165, 1.54) is 5.56 Å². The van der Waals surface area contributed by atoms with Crippen molar-refractivity contribution in [1.82, 2.24) is 15.1 Å². The van der Waals surface area contributed by atoms with Gasteiger partial charge in [-0.3, -0.25) is 4.68 Å². The molecule has 4 heteroatoms. The second kappa shape index (κ2) is 6.01. The smallest absolute Gasteiger partial charge is 0.0641 e. The van der Waals surface area contributed by atoms with Crippen LogP contribution in [0, 0.1) is 6.92 Å². The predicted octanol–water partition coefficient (Wildman–Crippen LogP) is 1.54. The van der Waals surface area contributed by atoms with Crippen molar-refractivity contribution >= 4 is 0 Å². The highest BCUT2D eigenvalue weighted by Gasteiger charge is 2.13. The lowest BCUT2D eigenvalue weighted by Gasteiger charge is -2.19. The fourth-order valence-corrected chi connectivity index (χ4v) is 2.04. The van der Waals surface area contributed by atoms with E-state index in [0.717, 1.165) is 18.5 Å². The van der Waals surface area contributed by atoms with E-state index in [9.17, 15) is 0 Å². The predicted molar refractivity (Wildman–Crippen MR) is 65.3 cm³/mol. The average Bonchev–Trinajstić information content (AvgIpc) is 2.54. The summed E-state index contributed by atoms with van der Waals surface area (Å²) >= 11 is 0. The van der Waals surface area contributed by atoms with E-state index in [1.54, 1.807) is 0 Å². The molecule has 1 rings (SSSR count). The van der Waals surface area contributed by atoms with Gasteiger partial charge in [0.05, 0.1) is 5.69 Å². The molecule has 1 aromatic heterocycles. The lowest BCUT2D eigenvalue weighted by molar-refractivity contribution is 0.274. The molecular weight excluding hydrogens is 202 g/mol. The highest BCUT2D eigenvalue weighted by Crippen LogP contribution is 2.16. The summed E-state index contributed by atoms with van der Waals surface area (Å²) in [5, 5.41) is 16.6. The molecule has 0 saturated carbocycles. The molecule has 92 valence electrons. The van der Waals surface area contributed by atoms with Crippen LogP contribution in [0.15, 0.2) is 6.20 Å². The van der Waals surface area contributed by atoms with Crippen LogP contribution in [-0.2, 0) is 7.05 Å². The van der Waals surface area contributed by atoms with Crippen LogP contribution in [0.3, 0.4) is 0 Å². The second-order valence-corrected chi connectivity index (χ2v) is 4.50. The summed E-state index contributed by atoms with van der Waals surface area (Å²) in [4.78, 5) is 0. The summed E-state index contributed by atoms with van der Waals surface area (Å²) in [5.41, 5.74) is 2.33. The summed E-state index contributed by atoms with van der Waals surface area (Å²) in [5.74, 6) is 0. The summed E-state index contributed by atoms with van der Waals surface area (Å²) in [6, 6.07) is 0.726. The Kier molecular flexibility index (Phi) is 4.96. The van der Waals surface area contributed by atoms with E-state index in [4.69, 9.17) is 5.11 Å². The van der Waals surface area contributed by atoms with Crippen LogP contribution >= 0.6 is 0 Å². The Bertz CT molecular complexity index is 322. The molecule has 16 heavy (non-hydrogen) atoms. The maximum Gasteiger partial charge on any atom is 0.0641 e. The minimum Gasteiger partial charge on any atom is -0.396 e. The van der Waals surface area contributed by atoms with Gasteiger partial charge in [0.1, 0.15) is 0 Å². The number of aromatic nitrogens is 2. The van der Waals surface area contributed by atoms with E-state index in [-0.39, 0.29) is 6.61 Å². The Hall–Kier alpha value is -0.870. The Labute approximate surface area is 97.7 Å². The molecule has 0 fully saturated rings. The normalized spacial score (nSPS) is 15.1. The third-order valence-electron chi connectivity index (χ3n) is 2.85. The van der Waals surface area contributed by atoms with Crippen LogP contribution in [-0.4, -0.2) is 27.5 Å². The Morgan fingerprint density at radius 3 is 2.69 bits per heavy atom. The number of hydrogen-bond acceptors (Lipinski definition) is 3. The molecule has 0 radical (unpaired) electrons. The zero-order valence-electron chi connectivity index (χ0n) is 10.7. The first kappa shape index (κ1) is 13.2. The zero-order chi connectivity index (χ0) is 12.1. The summed E-state index contributed by atoms with van der Waals surface area (Å²) in [7, 11) is 1.94. The van der Waals surface area contributed by atoms with Crippen LogP contribution in [0.4, 0.5) is 0 Å². The largest absolute Gasteiger partial charge is 0.396 e. The Morgan fingerprint density at radius 2 is 2.19 bits per heavy atom. The van der Waals surface area contributed by atoms with Crippen molar-refractivity contribution in [3.63, 3.8) is 0 Å². The fraction of sp³-hybridized carbons (Fsp3) is 0.750. The van der Waals surface area contributed by atoms with Gasteiger partial charge < -0.3 is 10.4 Å². The molecule has 0 aromatic carbocycles. The summed E-state index contributed by atoms with van der Waals surface area (Å²) < 4.78 is 1.85. The summed E-state index contributed by atoms with van der Waals surface area (Å²) in [6.45, 7) is 6.61. The number of rotatable bonds is 6. The van der Waals surface area contributed by atoms with E-state index in [2.05, 4.69) is 30.5 Å². The topological polar surface area (TPSA) is 50.1 Å². The first-order chi connectivity index (χ1) is 7.54. The third kappa shape index (κ3) is 3.61. The van der Waals surface area contributed by atoms with Gasteiger partial charge >= 0.3 is 0 Å². The lowest BCUT2D eigenvalue weighted by Crippen LogP contribution is -2.29. The SMILES string of the molecule is Cc1nn(C)cc1C(C)NC(C)CCCO. The Balaban J connectivity index is 2.51. The molecule has 2 unspecified atom stereocenters. The van der Waals surface area contributed by atoms with Crippen molar-refractivity contribution in [2.24, 2.45) is 7.05 Å². The number of aliphatic hydroxyl groups excluding tert-OH is 1. The van der Waals surface area contributed by atoms with Crippen molar-refractivity contribution in [1.29, 1.82) is 0 Å². The Morgan fingerprint density at radius 1 is 1.50 bits per heavy atom. The van der Waals surface area contributed by atoms with Gasteiger partial charge in [-0.05, 0) is 33.6 Å². The van der Waals surface area contributed by atoms with Crippen molar-refractivity contribution in [3.8, 4) is 0 Å². The highest BCUT2D eigenvalue weighted by atomic mass is 16.2. The van der Waals surface area contributed by atoms with Gasteiger partial charge in [0.2, 0.25) is 0 Å². The standard InChI is InChI=1S/C12H23N3O/c1-9(6-5-7-16)13-10(2)12-8-15(4)14-11(12)3/h8-10,13,16H,5-7H2,1-4H3. The number of hydrogen-bond donors (Lipinski definition) is 2. The second-order valence-electron chi connectivity index (χ2n) is 4.50. The van der Waals surface area contributed by atoms with Gasteiger partial charge in [-0.1, -0.05) is 0 Å². The van der Waals surface area contributed by atoms with Crippen molar-refractivity contribution in [2.75, 3.05) is 6.61 Å². The van der Waals surface area contributed by atoms with Gasteiger partial charge in [0.25, 0.3) is 0 Å². The molecule has 4 nitrogen and oxygen atoms in total. The summed E-state index contributed by atoms with van der Waals surface area (Å²) in [6.07, 6.45) is 3.92. The first-order valence-electron chi connectivity index (χ1n) is 5.91. The van der Waals surface area contributed by atoms with Crippen molar-refractivity contribution in [3.05, 3.63) is 17.5 Å².